The van der Waals surface area contributed by atoms with Crippen LogP contribution in [0.5, 0.6) is 0 Å². The molecule has 0 unspecified atom stereocenters. The first-order valence-electron chi connectivity index (χ1n) is 10.1. The topological polar surface area (TPSA) is 77.5 Å². The molecule has 0 amide bonds. The van der Waals surface area contributed by atoms with Crippen LogP contribution in [0.25, 0.3) is 0 Å². The lowest BCUT2D eigenvalue weighted by molar-refractivity contribution is -0.152. The van der Waals surface area contributed by atoms with Crippen LogP contribution in [0.15, 0.2) is 23.1 Å². The van der Waals surface area contributed by atoms with Gasteiger partial charge in [0.2, 0.25) is 0 Å². The van der Waals surface area contributed by atoms with Gasteiger partial charge in [0, 0.05) is 11.7 Å². The van der Waals surface area contributed by atoms with Gasteiger partial charge in [-0.1, -0.05) is 6.07 Å². The highest BCUT2D eigenvalue weighted by Crippen LogP contribution is 2.60. The molecule has 0 saturated heterocycles. The van der Waals surface area contributed by atoms with Crippen molar-refractivity contribution in [1.82, 2.24) is 0 Å². The first kappa shape index (κ1) is 19.6. The summed E-state index contributed by atoms with van der Waals surface area (Å²) in [5.74, 6) is 1.36. The van der Waals surface area contributed by atoms with Crippen LogP contribution in [-0.4, -0.2) is 32.5 Å². The van der Waals surface area contributed by atoms with Gasteiger partial charge in [0.1, 0.15) is 0 Å². The predicted octanol–water partition coefficient (Wildman–Crippen LogP) is 3.73. The molecular weight excluding hydrogens is 376 g/mol. The van der Waals surface area contributed by atoms with E-state index >= 15 is 0 Å². The Bertz CT molecular complexity index is 895. The minimum absolute atomic E-state index is 0.0527. The van der Waals surface area contributed by atoms with E-state index in [1.54, 1.807) is 19.9 Å². The van der Waals surface area contributed by atoms with Gasteiger partial charge in [-0.05, 0) is 87.8 Å². The van der Waals surface area contributed by atoms with Crippen molar-refractivity contribution in [3.63, 3.8) is 0 Å². The summed E-state index contributed by atoms with van der Waals surface area (Å²) in [5, 5.41) is 0. The number of Topliss-reactive ketones (excluding diaryl/α,β-unsaturated/α-hetero) is 1. The van der Waals surface area contributed by atoms with E-state index in [9.17, 15) is 18.0 Å². The molecular formula is C22H28O5S. The molecule has 1 aromatic rings. The van der Waals surface area contributed by atoms with Crippen LogP contribution in [0, 0.1) is 30.1 Å². The number of esters is 1. The maximum Gasteiger partial charge on any atom is 0.339 e. The Morgan fingerprint density at radius 2 is 1.61 bits per heavy atom. The van der Waals surface area contributed by atoms with Crippen LogP contribution < -0.4 is 0 Å². The smallest absolute Gasteiger partial charge is 0.339 e. The highest BCUT2D eigenvalue weighted by Gasteiger charge is 2.55. The van der Waals surface area contributed by atoms with Crippen LogP contribution in [-0.2, 0) is 19.4 Å². The Balaban J connectivity index is 1.52. The number of hydrogen-bond acceptors (Lipinski definition) is 5. The number of ether oxygens (including phenoxy) is 1. The third-order valence-electron chi connectivity index (χ3n) is 7.07. The fourth-order valence-corrected chi connectivity index (χ4v) is 6.82. The van der Waals surface area contributed by atoms with Gasteiger partial charge in [-0.2, -0.15) is 0 Å². The van der Waals surface area contributed by atoms with E-state index in [1.165, 1.54) is 31.4 Å². The Morgan fingerprint density at radius 1 is 1.07 bits per heavy atom. The van der Waals surface area contributed by atoms with E-state index in [0.29, 0.717) is 23.3 Å². The monoisotopic (exact) mass is 404 g/mol. The molecule has 4 aliphatic carbocycles. The Labute approximate surface area is 166 Å². The summed E-state index contributed by atoms with van der Waals surface area (Å²) >= 11 is 0. The zero-order chi connectivity index (χ0) is 20.3. The highest BCUT2D eigenvalue weighted by molar-refractivity contribution is 7.90. The molecule has 0 heterocycles. The van der Waals surface area contributed by atoms with Crippen molar-refractivity contribution >= 4 is 21.6 Å². The van der Waals surface area contributed by atoms with Gasteiger partial charge >= 0.3 is 5.97 Å². The van der Waals surface area contributed by atoms with Crippen molar-refractivity contribution in [2.75, 3.05) is 6.26 Å². The second-order valence-electron chi connectivity index (χ2n) is 9.36. The minimum Gasteiger partial charge on any atom is -0.451 e. The molecule has 5 nitrogen and oxygen atoms in total. The van der Waals surface area contributed by atoms with Crippen LogP contribution in [0.3, 0.4) is 0 Å². The van der Waals surface area contributed by atoms with E-state index in [-0.39, 0.29) is 21.7 Å². The SMILES string of the molecule is Cc1ccc(S(C)(=O)=O)cc1C(=O)O[C@H](C)C(=O)C12CC3CC(CC(C3)C1)C2. The normalized spacial score (nSPS) is 32.2. The number of benzene rings is 1. The predicted molar refractivity (Wildman–Crippen MR) is 105 cm³/mol. The lowest BCUT2D eigenvalue weighted by Crippen LogP contribution is -2.52. The molecule has 1 atom stereocenters. The van der Waals surface area contributed by atoms with Crippen LogP contribution in [0.4, 0.5) is 0 Å². The quantitative estimate of drug-likeness (QED) is 0.699. The van der Waals surface area contributed by atoms with Gasteiger partial charge in [-0.15, -0.1) is 0 Å². The number of hydrogen-bond donors (Lipinski definition) is 0. The average Bonchev–Trinajstić information content (AvgIpc) is 2.59. The summed E-state index contributed by atoms with van der Waals surface area (Å²) < 4.78 is 29.2. The maximum atomic E-state index is 13.3. The Hall–Kier alpha value is -1.69. The molecule has 5 rings (SSSR count). The molecule has 4 saturated carbocycles. The number of carbonyl (C=O) groups excluding carboxylic acids is 2. The first-order chi connectivity index (χ1) is 13.1. The second kappa shape index (κ2) is 6.68. The van der Waals surface area contributed by atoms with E-state index in [2.05, 4.69) is 0 Å². The van der Waals surface area contributed by atoms with Crippen molar-refractivity contribution in [1.29, 1.82) is 0 Å². The van der Waals surface area contributed by atoms with Crippen molar-refractivity contribution in [3.8, 4) is 0 Å². The molecule has 0 aromatic heterocycles. The summed E-state index contributed by atoms with van der Waals surface area (Å²) in [6.07, 6.45) is 6.83. The zero-order valence-corrected chi connectivity index (χ0v) is 17.6. The summed E-state index contributed by atoms with van der Waals surface area (Å²) in [5.41, 5.74) is 0.512. The molecule has 28 heavy (non-hydrogen) atoms. The fourth-order valence-electron chi connectivity index (χ4n) is 6.17. The van der Waals surface area contributed by atoms with E-state index < -0.39 is 21.9 Å². The fraction of sp³-hybridized carbons (Fsp3) is 0.636. The third kappa shape index (κ3) is 3.40. The highest BCUT2D eigenvalue weighted by atomic mass is 32.2. The molecule has 6 heteroatoms. The summed E-state index contributed by atoms with van der Waals surface area (Å²) in [6, 6.07) is 4.42. The summed E-state index contributed by atoms with van der Waals surface area (Å²) in [7, 11) is -3.43. The van der Waals surface area contributed by atoms with E-state index in [4.69, 9.17) is 4.74 Å². The van der Waals surface area contributed by atoms with Crippen LogP contribution in [0.2, 0.25) is 0 Å². The number of ketones is 1. The lowest BCUT2D eigenvalue weighted by Gasteiger charge is -2.56. The van der Waals surface area contributed by atoms with Crippen molar-refractivity contribution in [2.24, 2.45) is 23.2 Å². The molecule has 0 N–H and O–H groups in total. The Morgan fingerprint density at radius 3 is 2.11 bits per heavy atom. The molecule has 0 spiro atoms. The summed E-state index contributed by atoms with van der Waals surface area (Å²) in [6.45, 7) is 3.39. The van der Waals surface area contributed by atoms with Crippen molar-refractivity contribution < 1.29 is 22.7 Å². The van der Waals surface area contributed by atoms with Gasteiger partial charge in [0.15, 0.2) is 21.7 Å². The largest absolute Gasteiger partial charge is 0.451 e. The molecule has 0 radical (unpaired) electrons. The standard InChI is InChI=1S/C22H28O5S/c1-13-4-5-18(28(3,25)26)9-19(13)21(24)27-14(2)20(23)22-10-15-6-16(11-22)8-17(7-15)12-22/h4-5,9,14-17H,6-8,10-12H2,1-3H3/t14-,15?,16?,17?,22?/m1/s1. The van der Waals surface area contributed by atoms with Gasteiger partial charge in [-0.3, -0.25) is 4.79 Å². The summed E-state index contributed by atoms with van der Waals surface area (Å²) in [4.78, 5) is 26.1. The van der Waals surface area contributed by atoms with Crippen molar-refractivity contribution in [3.05, 3.63) is 29.3 Å². The van der Waals surface area contributed by atoms with Gasteiger partial charge < -0.3 is 4.74 Å². The maximum absolute atomic E-state index is 13.3. The second-order valence-corrected chi connectivity index (χ2v) is 11.4. The molecule has 0 aliphatic heterocycles. The van der Waals surface area contributed by atoms with Crippen LogP contribution in [0.1, 0.15) is 61.4 Å². The molecule has 4 bridgehead atoms. The number of rotatable bonds is 5. The number of sulfone groups is 1. The first-order valence-corrected chi connectivity index (χ1v) is 12.0. The number of carbonyl (C=O) groups is 2. The van der Waals surface area contributed by atoms with E-state index in [1.807, 2.05) is 0 Å². The molecule has 4 aliphatic rings. The molecule has 152 valence electrons. The van der Waals surface area contributed by atoms with Gasteiger partial charge in [-0.25, -0.2) is 13.2 Å². The molecule has 1 aromatic carbocycles. The third-order valence-corrected chi connectivity index (χ3v) is 8.18. The van der Waals surface area contributed by atoms with E-state index in [0.717, 1.165) is 25.5 Å². The Kier molecular flexibility index (Phi) is 4.68. The van der Waals surface area contributed by atoms with Gasteiger partial charge in [0.25, 0.3) is 0 Å². The number of aryl methyl sites for hydroxylation is 1. The lowest BCUT2D eigenvalue weighted by atomic mass is 9.48. The molecule has 4 fully saturated rings. The van der Waals surface area contributed by atoms with Crippen molar-refractivity contribution in [2.45, 2.75) is 63.4 Å². The van der Waals surface area contributed by atoms with Crippen LogP contribution >= 0.6 is 0 Å². The van der Waals surface area contributed by atoms with Gasteiger partial charge in [0.05, 0.1) is 10.5 Å². The minimum atomic E-state index is -3.43. The average molecular weight is 405 g/mol. The zero-order valence-electron chi connectivity index (χ0n) is 16.7.